The number of aryl methyl sites for hydroxylation is 4. The number of carbonyl (C=O) groups excluding carboxylic acids is 1. The lowest BCUT2D eigenvalue weighted by molar-refractivity contribution is 0.0652. The van der Waals surface area contributed by atoms with Crippen LogP contribution in [0.4, 0.5) is 0 Å². The molecule has 11 heteroatoms. The van der Waals surface area contributed by atoms with E-state index in [9.17, 15) is 9.59 Å². The number of aromatic nitrogens is 7. The molecule has 5 heterocycles. The normalized spacial score (nSPS) is 15.1. The Kier molecular flexibility index (Phi) is 5.98. The maximum absolute atomic E-state index is 14.1. The van der Waals surface area contributed by atoms with Crippen LogP contribution in [0.3, 0.4) is 0 Å². The molecule has 1 atom stereocenters. The SMILES string of the molecule is Cc1cc(C)n(-c2nc3c(c(=O)n2-c2cnc4c(ccn4C)n2)CC(C)N(C(=O)c2ccc(Br)c(C)c2)C3)n1. The summed E-state index contributed by atoms with van der Waals surface area (Å²) >= 11 is 3.50. The molecule has 0 radical (unpaired) electrons. The molecule has 1 aliphatic heterocycles. The van der Waals surface area contributed by atoms with Crippen LogP contribution in [0, 0.1) is 20.8 Å². The fourth-order valence-corrected chi connectivity index (χ4v) is 5.42. The molecule has 39 heavy (non-hydrogen) atoms. The second-order valence-corrected chi connectivity index (χ2v) is 11.0. The summed E-state index contributed by atoms with van der Waals surface area (Å²) < 4.78 is 5.96. The van der Waals surface area contributed by atoms with Gasteiger partial charge in [0.15, 0.2) is 11.5 Å². The Morgan fingerprint density at radius 1 is 1.10 bits per heavy atom. The summed E-state index contributed by atoms with van der Waals surface area (Å²) in [5, 5.41) is 4.61. The van der Waals surface area contributed by atoms with E-state index in [4.69, 9.17) is 9.97 Å². The molecule has 1 amide bonds. The van der Waals surface area contributed by atoms with Crippen molar-refractivity contribution in [3.8, 4) is 11.8 Å². The van der Waals surface area contributed by atoms with Gasteiger partial charge in [-0.15, -0.1) is 0 Å². The van der Waals surface area contributed by atoms with Crippen LogP contribution in [0.5, 0.6) is 0 Å². The molecule has 0 fully saturated rings. The lowest BCUT2D eigenvalue weighted by Crippen LogP contribution is -2.46. The Labute approximate surface area is 233 Å². The highest BCUT2D eigenvalue weighted by Crippen LogP contribution is 2.26. The zero-order valence-electron chi connectivity index (χ0n) is 22.3. The number of hydrogen-bond donors (Lipinski definition) is 0. The fourth-order valence-electron chi connectivity index (χ4n) is 5.17. The summed E-state index contributed by atoms with van der Waals surface area (Å²) in [6.07, 6.45) is 3.84. The van der Waals surface area contributed by atoms with E-state index < -0.39 is 0 Å². The van der Waals surface area contributed by atoms with E-state index in [2.05, 4.69) is 26.0 Å². The van der Waals surface area contributed by atoms with Gasteiger partial charge < -0.3 is 9.47 Å². The van der Waals surface area contributed by atoms with Gasteiger partial charge in [-0.05, 0) is 70.0 Å². The number of fused-ring (bicyclic) bond motifs is 2. The van der Waals surface area contributed by atoms with Gasteiger partial charge in [-0.3, -0.25) is 9.59 Å². The van der Waals surface area contributed by atoms with Gasteiger partial charge in [0.1, 0.15) is 5.52 Å². The van der Waals surface area contributed by atoms with Gasteiger partial charge in [0.25, 0.3) is 11.5 Å². The van der Waals surface area contributed by atoms with E-state index in [1.54, 1.807) is 15.8 Å². The first-order valence-electron chi connectivity index (χ1n) is 12.7. The predicted octanol–water partition coefficient (Wildman–Crippen LogP) is 3.97. The monoisotopic (exact) mass is 586 g/mol. The highest BCUT2D eigenvalue weighted by molar-refractivity contribution is 9.10. The zero-order chi connectivity index (χ0) is 27.6. The minimum atomic E-state index is -0.231. The number of benzene rings is 1. The van der Waals surface area contributed by atoms with Crippen LogP contribution in [0.25, 0.3) is 22.9 Å². The Balaban J connectivity index is 1.51. The summed E-state index contributed by atoms with van der Waals surface area (Å²) in [6.45, 7) is 7.94. The van der Waals surface area contributed by atoms with Crippen LogP contribution in [-0.2, 0) is 20.0 Å². The number of amides is 1. The first kappa shape index (κ1) is 25.2. The second-order valence-electron chi connectivity index (χ2n) is 10.1. The van der Waals surface area contributed by atoms with Crippen LogP contribution in [0.2, 0.25) is 0 Å². The van der Waals surface area contributed by atoms with Crippen molar-refractivity contribution in [2.45, 2.75) is 46.7 Å². The topological polar surface area (TPSA) is 104 Å². The Hall–Kier alpha value is -4.12. The van der Waals surface area contributed by atoms with Crippen LogP contribution in [-0.4, -0.2) is 50.7 Å². The van der Waals surface area contributed by atoms with Gasteiger partial charge >= 0.3 is 0 Å². The highest BCUT2D eigenvalue weighted by atomic mass is 79.9. The van der Waals surface area contributed by atoms with Crippen molar-refractivity contribution < 1.29 is 4.79 Å². The molecular weight excluding hydrogens is 560 g/mol. The zero-order valence-corrected chi connectivity index (χ0v) is 23.9. The molecule has 5 aromatic rings. The van der Waals surface area contributed by atoms with Crippen LogP contribution in [0.1, 0.15) is 45.5 Å². The average Bonchev–Trinajstić information content (AvgIpc) is 3.45. The average molecular weight is 587 g/mol. The molecular formula is C28H27BrN8O2. The molecule has 198 valence electrons. The van der Waals surface area contributed by atoms with E-state index in [0.717, 1.165) is 27.1 Å². The van der Waals surface area contributed by atoms with Crippen LogP contribution < -0.4 is 5.56 Å². The van der Waals surface area contributed by atoms with Gasteiger partial charge in [-0.2, -0.15) is 5.10 Å². The van der Waals surface area contributed by atoms with Gasteiger partial charge in [0.2, 0.25) is 5.95 Å². The van der Waals surface area contributed by atoms with Gasteiger partial charge in [0, 0.05) is 40.6 Å². The van der Waals surface area contributed by atoms with Crippen LogP contribution in [0.15, 0.2) is 52.0 Å². The van der Waals surface area contributed by atoms with E-state index >= 15 is 0 Å². The highest BCUT2D eigenvalue weighted by Gasteiger charge is 2.33. The molecule has 1 unspecified atom stereocenters. The quantitative estimate of drug-likeness (QED) is 0.317. The molecule has 0 aliphatic carbocycles. The van der Waals surface area contributed by atoms with Crippen molar-refractivity contribution >= 4 is 33.0 Å². The lowest BCUT2D eigenvalue weighted by atomic mass is 9.98. The summed E-state index contributed by atoms with van der Waals surface area (Å²) in [6, 6.07) is 9.16. The standard InChI is InChI=1S/C28H27BrN8O2/c1-15-10-19(6-7-21(15)29)26(38)35-14-23-20(12-17(35)3)27(39)36(28(32-23)37-18(4)11-16(2)33-37)24-13-30-25-22(31-24)8-9-34(25)5/h6-11,13,17H,12,14H2,1-5H3. The first-order valence-corrected chi connectivity index (χ1v) is 13.5. The molecule has 6 rings (SSSR count). The largest absolute Gasteiger partial charge is 0.334 e. The Morgan fingerprint density at radius 3 is 2.62 bits per heavy atom. The van der Waals surface area contributed by atoms with Crippen molar-refractivity contribution in [2.75, 3.05) is 0 Å². The summed E-state index contributed by atoms with van der Waals surface area (Å²) in [5.74, 6) is 0.589. The first-order chi connectivity index (χ1) is 18.6. The fraction of sp³-hybridized carbons (Fsp3) is 0.286. The molecule has 1 aromatic carbocycles. The Morgan fingerprint density at radius 2 is 1.90 bits per heavy atom. The Bertz CT molecular complexity index is 1850. The number of halogens is 1. The van der Waals surface area contributed by atoms with Crippen molar-refractivity contribution in [1.29, 1.82) is 0 Å². The third-order valence-electron chi connectivity index (χ3n) is 7.25. The summed E-state index contributed by atoms with van der Waals surface area (Å²) in [7, 11) is 1.90. The summed E-state index contributed by atoms with van der Waals surface area (Å²) in [5.41, 5.74) is 5.50. The molecule has 4 aromatic heterocycles. The molecule has 0 saturated heterocycles. The molecule has 0 saturated carbocycles. The molecule has 10 nitrogen and oxygen atoms in total. The second kappa shape index (κ2) is 9.26. The maximum Gasteiger partial charge on any atom is 0.264 e. The third-order valence-corrected chi connectivity index (χ3v) is 8.14. The minimum Gasteiger partial charge on any atom is -0.334 e. The van der Waals surface area contributed by atoms with E-state index in [1.165, 1.54) is 4.57 Å². The van der Waals surface area contributed by atoms with Crippen molar-refractivity contribution in [2.24, 2.45) is 7.05 Å². The van der Waals surface area contributed by atoms with E-state index in [0.29, 0.717) is 40.5 Å². The number of hydrogen-bond acceptors (Lipinski definition) is 6. The maximum atomic E-state index is 14.1. The minimum absolute atomic E-state index is 0.0946. The van der Waals surface area contributed by atoms with Gasteiger partial charge in [-0.25, -0.2) is 24.2 Å². The molecule has 0 N–H and O–H groups in total. The molecule has 0 spiro atoms. The van der Waals surface area contributed by atoms with Crippen molar-refractivity contribution in [3.63, 3.8) is 0 Å². The van der Waals surface area contributed by atoms with E-state index in [1.807, 2.05) is 75.8 Å². The third kappa shape index (κ3) is 4.17. The van der Waals surface area contributed by atoms with E-state index in [-0.39, 0.29) is 24.1 Å². The predicted molar refractivity (Wildman–Crippen MR) is 150 cm³/mol. The number of rotatable bonds is 3. The van der Waals surface area contributed by atoms with Crippen molar-refractivity contribution in [1.82, 2.24) is 38.8 Å². The van der Waals surface area contributed by atoms with Gasteiger partial charge in [0.05, 0.1) is 24.1 Å². The summed E-state index contributed by atoms with van der Waals surface area (Å²) in [4.78, 5) is 43.7. The molecule has 1 aliphatic rings. The molecule has 0 bridgehead atoms. The number of nitrogens with zero attached hydrogens (tertiary/aromatic N) is 8. The van der Waals surface area contributed by atoms with Crippen LogP contribution >= 0.6 is 15.9 Å². The van der Waals surface area contributed by atoms with Crippen molar-refractivity contribution in [3.05, 3.63) is 91.3 Å². The number of carbonyl (C=O) groups is 1. The smallest absolute Gasteiger partial charge is 0.264 e. The lowest BCUT2D eigenvalue weighted by Gasteiger charge is -2.34. The van der Waals surface area contributed by atoms with Gasteiger partial charge in [-0.1, -0.05) is 15.9 Å².